The van der Waals surface area contributed by atoms with Crippen molar-refractivity contribution in [1.82, 2.24) is 10.3 Å². The standard InChI is InChI=1S/C13H24N2S/c1-9(2)14-8-10(3)6-7-13-15-11(4)12(5)16-13/h9-10,14H,6-8H2,1-5H3. The molecule has 1 aromatic rings. The highest BCUT2D eigenvalue weighted by Crippen LogP contribution is 2.19. The molecule has 1 unspecified atom stereocenters. The van der Waals surface area contributed by atoms with Gasteiger partial charge in [-0.05, 0) is 39.2 Å². The van der Waals surface area contributed by atoms with E-state index in [-0.39, 0.29) is 0 Å². The average molecular weight is 240 g/mol. The molecule has 0 aliphatic rings. The summed E-state index contributed by atoms with van der Waals surface area (Å²) in [4.78, 5) is 5.94. The number of nitrogens with zero attached hydrogens (tertiary/aromatic N) is 1. The maximum Gasteiger partial charge on any atom is 0.0930 e. The molecule has 1 N–H and O–H groups in total. The number of nitrogens with one attached hydrogen (secondary N) is 1. The summed E-state index contributed by atoms with van der Waals surface area (Å²) in [7, 11) is 0. The number of rotatable bonds is 6. The van der Waals surface area contributed by atoms with Crippen LogP contribution in [0.4, 0.5) is 0 Å². The third-order valence-corrected chi connectivity index (χ3v) is 3.93. The second-order valence-corrected chi connectivity index (χ2v) is 6.24. The molecule has 2 nitrogen and oxygen atoms in total. The van der Waals surface area contributed by atoms with E-state index in [1.807, 2.05) is 11.3 Å². The van der Waals surface area contributed by atoms with Crippen molar-refractivity contribution in [3.63, 3.8) is 0 Å². The zero-order valence-electron chi connectivity index (χ0n) is 11.1. The SMILES string of the molecule is Cc1nc(CCC(C)CNC(C)C)sc1C. The van der Waals surface area contributed by atoms with E-state index in [4.69, 9.17) is 0 Å². The third kappa shape index (κ3) is 4.62. The van der Waals surface area contributed by atoms with Gasteiger partial charge in [-0.2, -0.15) is 0 Å². The molecule has 92 valence electrons. The van der Waals surface area contributed by atoms with Crippen molar-refractivity contribution in [3.05, 3.63) is 15.6 Å². The summed E-state index contributed by atoms with van der Waals surface area (Å²) < 4.78 is 0. The fraction of sp³-hybridized carbons (Fsp3) is 0.769. The molecule has 1 heterocycles. The van der Waals surface area contributed by atoms with Gasteiger partial charge in [-0.1, -0.05) is 20.8 Å². The zero-order chi connectivity index (χ0) is 12.1. The number of aryl methyl sites for hydroxylation is 3. The summed E-state index contributed by atoms with van der Waals surface area (Å²) in [6, 6.07) is 0.590. The first-order chi connectivity index (χ1) is 7.49. The molecular formula is C13H24N2S. The lowest BCUT2D eigenvalue weighted by atomic mass is 10.1. The Bertz CT molecular complexity index is 298. The third-order valence-electron chi connectivity index (χ3n) is 2.80. The molecule has 0 amide bonds. The van der Waals surface area contributed by atoms with Crippen molar-refractivity contribution in [2.24, 2.45) is 5.92 Å². The molecule has 1 aromatic heterocycles. The highest BCUT2D eigenvalue weighted by atomic mass is 32.1. The molecule has 0 aliphatic heterocycles. The zero-order valence-corrected chi connectivity index (χ0v) is 11.9. The summed E-state index contributed by atoms with van der Waals surface area (Å²) in [6.45, 7) is 12.1. The summed E-state index contributed by atoms with van der Waals surface area (Å²) in [5.41, 5.74) is 1.20. The fourth-order valence-electron chi connectivity index (χ4n) is 1.55. The van der Waals surface area contributed by atoms with Crippen LogP contribution in [0.1, 0.15) is 42.8 Å². The molecule has 0 aliphatic carbocycles. The molecule has 0 saturated carbocycles. The molecule has 1 rings (SSSR count). The van der Waals surface area contributed by atoms with E-state index >= 15 is 0 Å². The normalized spacial score (nSPS) is 13.4. The van der Waals surface area contributed by atoms with Crippen molar-refractivity contribution >= 4 is 11.3 Å². The predicted octanol–water partition coefficient (Wildman–Crippen LogP) is 3.33. The lowest BCUT2D eigenvalue weighted by molar-refractivity contribution is 0.453. The van der Waals surface area contributed by atoms with Gasteiger partial charge in [0.2, 0.25) is 0 Å². The Hall–Kier alpha value is -0.410. The van der Waals surface area contributed by atoms with Crippen molar-refractivity contribution in [2.75, 3.05) is 6.54 Å². The quantitative estimate of drug-likeness (QED) is 0.825. The summed E-state index contributed by atoms with van der Waals surface area (Å²) >= 11 is 1.85. The molecule has 0 saturated heterocycles. The Morgan fingerprint density at radius 2 is 1.94 bits per heavy atom. The van der Waals surface area contributed by atoms with Gasteiger partial charge in [0.15, 0.2) is 0 Å². The van der Waals surface area contributed by atoms with Gasteiger partial charge in [0, 0.05) is 10.9 Å². The molecule has 0 fully saturated rings. The number of aromatic nitrogens is 1. The van der Waals surface area contributed by atoms with E-state index in [0.717, 1.165) is 18.9 Å². The molecular weight excluding hydrogens is 216 g/mol. The predicted molar refractivity (Wildman–Crippen MR) is 72.2 cm³/mol. The highest BCUT2D eigenvalue weighted by molar-refractivity contribution is 7.11. The van der Waals surface area contributed by atoms with Gasteiger partial charge in [0.25, 0.3) is 0 Å². The molecule has 1 atom stereocenters. The Morgan fingerprint density at radius 3 is 2.44 bits per heavy atom. The van der Waals surface area contributed by atoms with Crippen LogP contribution in [0, 0.1) is 19.8 Å². The lowest BCUT2D eigenvalue weighted by Gasteiger charge is -2.13. The summed E-state index contributed by atoms with van der Waals surface area (Å²) in [6.07, 6.45) is 2.35. The average Bonchev–Trinajstić information content (AvgIpc) is 2.52. The number of hydrogen-bond donors (Lipinski definition) is 1. The van der Waals surface area contributed by atoms with Crippen LogP contribution in [0.5, 0.6) is 0 Å². The van der Waals surface area contributed by atoms with E-state index < -0.39 is 0 Å². The Balaban J connectivity index is 2.28. The number of thiazole rings is 1. The first-order valence-electron chi connectivity index (χ1n) is 6.15. The van der Waals surface area contributed by atoms with Crippen molar-refractivity contribution in [1.29, 1.82) is 0 Å². The molecule has 0 bridgehead atoms. The topological polar surface area (TPSA) is 24.9 Å². The minimum Gasteiger partial charge on any atom is -0.314 e. The van der Waals surface area contributed by atoms with Crippen LogP contribution in [-0.4, -0.2) is 17.6 Å². The first-order valence-corrected chi connectivity index (χ1v) is 6.97. The van der Waals surface area contributed by atoms with Gasteiger partial charge in [0.05, 0.1) is 10.7 Å². The second-order valence-electron chi connectivity index (χ2n) is 4.96. The smallest absolute Gasteiger partial charge is 0.0930 e. The first kappa shape index (κ1) is 13.7. The maximum absolute atomic E-state index is 4.58. The highest BCUT2D eigenvalue weighted by Gasteiger charge is 2.07. The second kappa shape index (κ2) is 6.36. The Morgan fingerprint density at radius 1 is 1.25 bits per heavy atom. The monoisotopic (exact) mass is 240 g/mol. The van der Waals surface area contributed by atoms with Gasteiger partial charge in [-0.3, -0.25) is 0 Å². The van der Waals surface area contributed by atoms with Crippen LogP contribution < -0.4 is 5.32 Å². The van der Waals surface area contributed by atoms with E-state index in [2.05, 4.69) is 44.9 Å². The van der Waals surface area contributed by atoms with E-state index in [0.29, 0.717) is 6.04 Å². The van der Waals surface area contributed by atoms with Gasteiger partial charge < -0.3 is 5.32 Å². The maximum atomic E-state index is 4.58. The van der Waals surface area contributed by atoms with Crippen LogP contribution in [0.15, 0.2) is 0 Å². The molecule has 0 spiro atoms. The molecule has 0 aromatic carbocycles. The molecule has 0 radical (unpaired) electrons. The van der Waals surface area contributed by atoms with Gasteiger partial charge in [0.1, 0.15) is 0 Å². The van der Waals surface area contributed by atoms with E-state index in [1.54, 1.807) is 0 Å². The van der Waals surface area contributed by atoms with Crippen LogP contribution >= 0.6 is 11.3 Å². The Kier molecular flexibility index (Phi) is 5.42. The van der Waals surface area contributed by atoms with Gasteiger partial charge >= 0.3 is 0 Å². The van der Waals surface area contributed by atoms with Crippen molar-refractivity contribution in [2.45, 2.75) is 53.5 Å². The van der Waals surface area contributed by atoms with Gasteiger partial charge in [-0.15, -0.1) is 11.3 Å². The van der Waals surface area contributed by atoms with E-state index in [1.165, 1.54) is 22.0 Å². The molecule has 16 heavy (non-hydrogen) atoms. The minimum absolute atomic E-state index is 0.590. The van der Waals surface area contributed by atoms with Gasteiger partial charge in [-0.25, -0.2) is 4.98 Å². The minimum atomic E-state index is 0.590. The van der Waals surface area contributed by atoms with E-state index in [9.17, 15) is 0 Å². The fourth-order valence-corrected chi connectivity index (χ4v) is 2.50. The lowest BCUT2D eigenvalue weighted by Crippen LogP contribution is -2.28. The summed E-state index contributed by atoms with van der Waals surface area (Å²) in [5, 5.41) is 4.78. The Labute approximate surface area is 103 Å². The molecule has 3 heteroatoms. The van der Waals surface area contributed by atoms with Crippen LogP contribution in [0.25, 0.3) is 0 Å². The van der Waals surface area contributed by atoms with Crippen molar-refractivity contribution < 1.29 is 0 Å². The van der Waals surface area contributed by atoms with Crippen LogP contribution in [0.2, 0.25) is 0 Å². The van der Waals surface area contributed by atoms with Crippen LogP contribution in [0.3, 0.4) is 0 Å². The van der Waals surface area contributed by atoms with Crippen molar-refractivity contribution in [3.8, 4) is 0 Å². The largest absolute Gasteiger partial charge is 0.314 e. The summed E-state index contributed by atoms with van der Waals surface area (Å²) in [5.74, 6) is 0.729. The van der Waals surface area contributed by atoms with Crippen LogP contribution in [-0.2, 0) is 6.42 Å². The number of hydrogen-bond acceptors (Lipinski definition) is 3.